The van der Waals surface area contributed by atoms with Crippen LogP contribution in [0.25, 0.3) is 11.3 Å². The van der Waals surface area contributed by atoms with Gasteiger partial charge in [0.2, 0.25) is 0 Å². The number of nitrogens with one attached hydrogen (secondary N) is 3. The van der Waals surface area contributed by atoms with Gasteiger partial charge in [-0.25, -0.2) is 4.79 Å². The molecule has 1 aliphatic rings. The number of aromatic nitrogens is 2. The van der Waals surface area contributed by atoms with Crippen molar-refractivity contribution >= 4 is 17.4 Å². The van der Waals surface area contributed by atoms with Crippen molar-refractivity contribution < 1.29 is 4.79 Å². The van der Waals surface area contributed by atoms with Crippen molar-refractivity contribution in [2.24, 2.45) is 0 Å². The Morgan fingerprint density at radius 3 is 2.55 bits per heavy atom. The van der Waals surface area contributed by atoms with Gasteiger partial charge in [-0.2, -0.15) is 5.10 Å². The van der Waals surface area contributed by atoms with Crippen LogP contribution >= 0.6 is 0 Å². The van der Waals surface area contributed by atoms with Gasteiger partial charge in [-0.05, 0) is 30.3 Å². The number of carbonyl (C=O) groups is 1. The number of urea groups is 1. The van der Waals surface area contributed by atoms with E-state index in [4.69, 9.17) is 0 Å². The minimum atomic E-state index is -0.157. The molecule has 1 fully saturated rings. The Morgan fingerprint density at radius 2 is 1.83 bits per heavy atom. The minimum Gasteiger partial charge on any atom is -0.369 e. The highest BCUT2D eigenvalue weighted by Gasteiger charge is 2.13. The lowest BCUT2D eigenvalue weighted by Gasteiger charge is -2.29. The van der Waals surface area contributed by atoms with Gasteiger partial charge >= 0.3 is 6.03 Å². The van der Waals surface area contributed by atoms with Crippen molar-refractivity contribution in [2.45, 2.75) is 6.54 Å². The summed E-state index contributed by atoms with van der Waals surface area (Å²) in [7, 11) is 1.77. The third kappa shape index (κ3) is 4.75. The van der Waals surface area contributed by atoms with Crippen LogP contribution in [-0.2, 0) is 6.54 Å². The van der Waals surface area contributed by atoms with Crippen molar-refractivity contribution in [1.29, 1.82) is 0 Å². The van der Waals surface area contributed by atoms with E-state index in [0.29, 0.717) is 6.54 Å². The average molecular weight is 390 g/mol. The van der Waals surface area contributed by atoms with Gasteiger partial charge in [-0.3, -0.25) is 5.10 Å². The van der Waals surface area contributed by atoms with Gasteiger partial charge in [-0.15, -0.1) is 0 Å². The van der Waals surface area contributed by atoms with Crippen molar-refractivity contribution in [3.8, 4) is 11.3 Å². The quantitative estimate of drug-likeness (QED) is 0.626. The third-order valence-electron chi connectivity index (χ3n) is 5.06. The van der Waals surface area contributed by atoms with Gasteiger partial charge in [0.05, 0.1) is 17.9 Å². The molecule has 0 radical (unpaired) electrons. The molecule has 7 nitrogen and oxygen atoms in total. The second kappa shape index (κ2) is 8.79. The molecule has 0 spiro atoms. The molecule has 1 aromatic heterocycles. The number of hydrogen-bond donors (Lipinski definition) is 3. The van der Waals surface area contributed by atoms with E-state index < -0.39 is 0 Å². The van der Waals surface area contributed by atoms with E-state index >= 15 is 0 Å². The molecule has 2 aromatic carbocycles. The Hall–Kier alpha value is -3.32. The summed E-state index contributed by atoms with van der Waals surface area (Å²) in [5, 5.41) is 13.7. The Bertz CT molecular complexity index is 931. The first-order chi connectivity index (χ1) is 14.2. The topological polar surface area (TPSA) is 76.3 Å². The first kappa shape index (κ1) is 19.0. The second-order valence-electron chi connectivity index (χ2n) is 7.21. The first-order valence-corrected chi connectivity index (χ1v) is 9.86. The van der Waals surface area contributed by atoms with E-state index in [2.05, 4.69) is 37.9 Å². The number of H-pyrrole nitrogens is 1. The van der Waals surface area contributed by atoms with Crippen LogP contribution in [0, 0.1) is 0 Å². The molecule has 29 heavy (non-hydrogen) atoms. The molecule has 1 aliphatic heterocycles. The van der Waals surface area contributed by atoms with Crippen LogP contribution in [0.1, 0.15) is 5.69 Å². The zero-order valence-electron chi connectivity index (χ0n) is 16.6. The summed E-state index contributed by atoms with van der Waals surface area (Å²) >= 11 is 0. The lowest BCUT2D eigenvalue weighted by molar-refractivity contribution is 0.220. The fourth-order valence-corrected chi connectivity index (χ4v) is 3.42. The lowest BCUT2D eigenvalue weighted by Crippen LogP contribution is -2.43. The summed E-state index contributed by atoms with van der Waals surface area (Å²) < 4.78 is 0. The fourth-order valence-electron chi connectivity index (χ4n) is 3.42. The number of aromatic amines is 1. The van der Waals surface area contributed by atoms with Crippen molar-refractivity contribution in [3.05, 3.63) is 66.4 Å². The van der Waals surface area contributed by atoms with Gasteiger partial charge in [0.1, 0.15) is 0 Å². The van der Waals surface area contributed by atoms with E-state index in [1.165, 1.54) is 5.69 Å². The summed E-state index contributed by atoms with van der Waals surface area (Å²) in [5.41, 5.74) is 4.78. The fraction of sp³-hybridized carbons (Fsp3) is 0.273. The molecule has 3 N–H and O–H groups in total. The predicted octanol–water partition coefficient (Wildman–Crippen LogP) is 3.15. The number of rotatable bonds is 5. The molecular weight excluding hydrogens is 364 g/mol. The van der Waals surface area contributed by atoms with Crippen LogP contribution in [0.3, 0.4) is 0 Å². The van der Waals surface area contributed by atoms with Crippen LogP contribution in [0.2, 0.25) is 0 Å². The first-order valence-electron chi connectivity index (χ1n) is 9.86. The molecule has 0 aliphatic carbocycles. The Labute approximate surface area is 170 Å². The van der Waals surface area contributed by atoms with Crippen LogP contribution in [0.5, 0.6) is 0 Å². The van der Waals surface area contributed by atoms with Crippen LogP contribution in [0.4, 0.5) is 16.2 Å². The SMILES string of the molecule is CN(Cc1cc(-c2ccccc2)n[nH]1)C(=O)Nc1ccc(N2CCNCC2)cc1. The molecule has 0 saturated carbocycles. The number of anilines is 2. The maximum Gasteiger partial charge on any atom is 0.321 e. The summed E-state index contributed by atoms with van der Waals surface area (Å²) in [6, 6.07) is 19.8. The molecule has 3 aromatic rings. The highest BCUT2D eigenvalue weighted by Crippen LogP contribution is 2.20. The molecule has 150 valence electrons. The molecule has 0 atom stereocenters. The van der Waals surface area contributed by atoms with Crippen LogP contribution in [0.15, 0.2) is 60.7 Å². The Balaban J connectivity index is 1.33. The molecule has 2 heterocycles. The number of carbonyl (C=O) groups excluding carboxylic acids is 1. The monoisotopic (exact) mass is 390 g/mol. The smallest absolute Gasteiger partial charge is 0.321 e. The van der Waals surface area contributed by atoms with E-state index in [0.717, 1.165) is 48.8 Å². The van der Waals surface area contributed by atoms with E-state index in [-0.39, 0.29) is 6.03 Å². The maximum atomic E-state index is 12.5. The minimum absolute atomic E-state index is 0.157. The van der Waals surface area contributed by atoms with Crippen molar-refractivity contribution in [1.82, 2.24) is 20.4 Å². The zero-order chi connectivity index (χ0) is 20.1. The third-order valence-corrected chi connectivity index (χ3v) is 5.06. The van der Waals surface area contributed by atoms with Crippen molar-refractivity contribution in [3.63, 3.8) is 0 Å². The Kier molecular flexibility index (Phi) is 5.76. The second-order valence-corrected chi connectivity index (χ2v) is 7.21. The van der Waals surface area contributed by atoms with Gasteiger partial charge in [-0.1, -0.05) is 30.3 Å². The molecule has 0 unspecified atom stereocenters. The normalized spacial score (nSPS) is 13.9. The molecule has 7 heteroatoms. The lowest BCUT2D eigenvalue weighted by atomic mass is 10.1. The largest absolute Gasteiger partial charge is 0.369 e. The average Bonchev–Trinajstić information content (AvgIpc) is 3.24. The van der Waals surface area contributed by atoms with Crippen molar-refractivity contribution in [2.75, 3.05) is 43.4 Å². The highest BCUT2D eigenvalue weighted by molar-refractivity contribution is 5.89. The predicted molar refractivity (Wildman–Crippen MR) is 116 cm³/mol. The van der Waals surface area contributed by atoms with Gasteiger partial charge in [0, 0.05) is 50.2 Å². The Morgan fingerprint density at radius 1 is 1.10 bits per heavy atom. The van der Waals surface area contributed by atoms with Crippen LogP contribution in [-0.4, -0.2) is 54.4 Å². The van der Waals surface area contributed by atoms with E-state index in [9.17, 15) is 4.79 Å². The molecule has 0 bridgehead atoms. The van der Waals surface area contributed by atoms with E-state index in [1.807, 2.05) is 48.5 Å². The molecule has 2 amide bonds. The summed E-state index contributed by atoms with van der Waals surface area (Å²) in [6.45, 7) is 4.46. The number of amides is 2. The summed E-state index contributed by atoms with van der Waals surface area (Å²) in [4.78, 5) is 16.5. The standard InChI is InChI=1S/C22H26N6O/c1-27(16-19-15-21(26-25-19)17-5-3-2-4-6-17)22(29)24-18-7-9-20(10-8-18)28-13-11-23-12-14-28/h2-10,15,23H,11-14,16H2,1H3,(H,24,29)(H,25,26). The number of nitrogens with zero attached hydrogens (tertiary/aromatic N) is 3. The molecule has 4 rings (SSSR count). The van der Waals surface area contributed by atoms with E-state index in [1.54, 1.807) is 11.9 Å². The highest BCUT2D eigenvalue weighted by atomic mass is 16.2. The number of benzene rings is 2. The van der Waals surface area contributed by atoms with Gasteiger partial charge < -0.3 is 20.4 Å². The van der Waals surface area contributed by atoms with Gasteiger partial charge in [0.25, 0.3) is 0 Å². The summed E-state index contributed by atoms with van der Waals surface area (Å²) in [5.74, 6) is 0. The maximum absolute atomic E-state index is 12.5. The number of piperazine rings is 1. The van der Waals surface area contributed by atoms with Crippen LogP contribution < -0.4 is 15.5 Å². The summed E-state index contributed by atoms with van der Waals surface area (Å²) in [6.07, 6.45) is 0. The van der Waals surface area contributed by atoms with Gasteiger partial charge in [0.15, 0.2) is 0 Å². The molecular formula is C22H26N6O. The number of hydrogen-bond acceptors (Lipinski definition) is 4. The zero-order valence-corrected chi connectivity index (χ0v) is 16.6. The molecule has 1 saturated heterocycles.